The average molecular weight is 435 g/mol. The van der Waals surface area contributed by atoms with Crippen LogP contribution >= 0.6 is 0 Å². The van der Waals surface area contributed by atoms with Crippen LogP contribution in [0.25, 0.3) is 17.5 Å². The minimum atomic E-state index is -0.438. The second kappa shape index (κ2) is 8.75. The molecule has 164 valence electrons. The van der Waals surface area contributed by atoms with Crippen LogP contribution in [0.2, 0.25) is 0 Å². The van der Waals surface area contributed by atoms with Gasteiger partial charge in [-0.1, -0.05) is 0 Å². The molecule has 0 unspecified atom stereocenters. The van der Waals surface area contributed by atoms with E-state index in [1.54, 1.807) is 35.4 Å². The second-order valence-corrected chi connectivity index (χ2v) is 7.67. The van der Waals surface area contributed by atoms with Gasteiger partial charge in [-0.25, -0.2) is 18.9 Å². The van der Waals surface area contributed by atoms with E-state index in [1.807, 2.05) is 12.4 Å². The molecule has 2 aliphatic rings. The first-order valence-corrected chi connectivity index (χ1v) is 10.4. The molecule has 10 heteroatoms. The number of halogens is 1. The number of carbonyl (C=O) groups excluding carboxylic acids is 1. The number of carbonyl (C=O) groups is 1. The Kier molecular flexibility index (Phi) is 5.51. The molecule has 1 amide bonds. The highest BCUT2D eigenvalue weighted by molar-refractivity contribution is 5.73. The Morgan fingerprint density at radius 3 is 2.62 bits per heavy atom. The summed E-state index contributed by atoms with van der Waals surface area (Å²) >= 11 is 0. The molecule has 0 aliphatic carbocycles. The van der Waals surface area contributed by atoms with Gasteiger partial charge in [-0.15, -0.1) is 0 Å². The van der Waals surface area contributed by atoms with Gasteiger partial charge < -0.3 is 15.0 Å². The summed E-state index contributed by atoms with van der Waals surface area (Å²) in [6, 6.07) is 6.34. The van der Waals surface area contributed by atoms with Crippen LogP contribution in [0.15, 0.2) is 54.8 Å². The summed E-state index contributed by atoms with van der Waals surface area (Å²) in [5.41, 5.74) is 2.69. The van der Waals surface area contributed by atoms with E-state index in [1.165, 1.54) is 12.1 Å². The van der Waals surface area contributed by atoms with Crippen LogP contribution in [0.4, 0.5) is 15.0 Å². The zero-order valence-electron chi connectivity index (χ0n) is 17.3. The van der Waals surface area contributed by atoms with Gasteiger partial charge in [0.05, 0.1) is 18.9 Å². The minimum Gasteiger partial charge on any atom is -0.411 e. The Bertz CT molecular complexity index is 1140. The van der Waals surface area contributed by atoms with Crippen LogP contribution in [0, 0.1) is 5.82 Å². The summed E-state index contributed by atoms with van der Waals surface area (Å²) in [4.78, 5) is 24.8. The van der Waals surface area contributed by atoms with Crippen molar-refractivity contribution in [3.8, 4) is 11.3 Å². The number of piperazine rings is 1. The first-order chi connectivity index (χ1) is 15.6. The van der Waals surface area contributed by atoms with Gasteiger partial charge in [-0.2, -0.15) is 5.10 Å². The van der Waals surface area contributed by atoms with E-state index in [-0.39, 0.29) is 5.82 Å². The topological polar surface area (TPSA) is 88.4 Å². The molecule has 32 heavy (non-hydrogen) atoms. The Morgan fingerprint density at radius 2 is 1.88 bits per heavy atom. The first-order valence-electron chi connectivity index (χ1n) is 10.4. The Labute approximate surface area is 184 Å². The lowest BCUT2D eigenvalue weighted by molar-refractivity contribution is 0.195. The van der Waals surface area contributed by atoms with Crippen molar-refractivity contribution in [1.29, 1.82) is 0 Å². The summed E-state index contributed by atoms with van der Waals surface area (Å²) < 4.78 is 20.0. The smallest absolute Gasteiger partial charge is 0.411 e. The van der Waals surface area contributed by atoms with Gasteiger partial charge >= 0.3 is 6.09 Å². The molecule has 2 aromatic heterocycles. The van der Waals surface area contributed by atoms with E-state index in [2.05, 4.69) is 30.2 Å². The highest BCUT2D eigenvalue weighted by Gasteiger charge is 2.22. The minimum absolute atomic E-state index is 0.270. The Morgan fingerprint density at radius 1 is 1.09 bits per heavy atom. The van der Waals surface area contributed by atoms with Gasteiger partial charge in [0.25, 0.3) is 0 Å². The SMILES string of the molecule is O=C1NC/C(=C\n2cc(CN3CCN(c4nccnc4-c4ccc(F)cc4)CC3)cn2)O1. The van der Waals surface area contributed by atoms with Gasteiger partial charge in [0.1, 0.15) is 17.3 Å². The summed E-state index contributed by atoms with van der Waals surface area (Å²) in [7, 11) is 0. The van der Waals surface area contributed by atoms with Crippen LogP contribution in [-0.4, -0.2) is 63.5 Å². The van der Waals surface area contributed by atoms with Crippen LogP contribution in [0.1, 0.15) is 5.56 Å². The van der Waals surface area contributed by atoms with Crippen molar-refractivity contribution in [2.24, 2.45) is 0 Å². The summed E-state index contributed by atoms with van der Waals surface area (Å²) in [5.74, 6) is 1.09. The first kappa shape index (κ1) is 20.1. The maximum absolute atomic E-state index is 13.3. The Balaban J connectivity index is 1.21. The molecule has 2 saturated heterocycles. The van der Waals surface area contributed by atoms with Gasteiger partial charge in [-0.3, -0.25) is 9.88 Å². The maximum Gasteiger partial charge on any atom is 0.412 e. The molecule has 3 aromatic rings. The average Bonchev–Trinajstić information content (AvgIpc) is 3.43. The lowest BCUT2D eigenvalue weighted by atomic mass is 10.1. The van der Waals surface area contributed by atoms with Crippen LogP contribution in [-0.2, 0) is 11.3 Å². The van der Waals surface area contributed by atoms with E-state index in [9.17, 15) is 9.18 Å². The summed E-state index contributed by atoms with van der Waals surface area (Å²) in [5, 5.41) is 6.91. The van der Waals surface area contributed by atoms with Crippen LogP contribution in [0.3, 0.4) is 0 Å². The quantitative estimate of drug-likeness (QED) is 0.658. The third-order valence-corrected chi connectivity index (χ3v) is 5.44. The number of hydrogen-bond acceptors (Lipinski definition) is 7. The molecular weight excluding hydrogens is 413 g/mol. The number of hydrogen-bond donors (Lipinski definition) is 1. The van der Waals surface area contributed by atoms with Crippen molar-refractivity contribution < 1.29 is 13.9 Å². The highest BCUT2D eigenvalue weighted by Crippen LogP contribution is 2.27. The van der Waals surface area contributed by atoms with E-state index >= 15 is 0 Å². The van der Waals surface area contributed by atoms with Crippen LogP contribution in [0.5, 0.6) is 0 Å². The molecule has 0 bridgehead atoms. The monoisotopic (exact) mass is 435 g/mol. The summed E-state index contributed by atoms with van der Waals surface area (Å²) in [6.07, 6.45) is 8.36. The molecule has 2 aliphatic heterocycles. The molecule has 0 radical (unpaired) electrons. The van der Waals surface area contributed by atoms with E-state index in [0.717, 1.165) is 55.4 Å². The number of anilines is 1. The van der Waals surface area contributed by atoms with Crippen LogP contribution < -0.4 is 10.2 Å². The fourth-order valence-corrected chi connectivity index (χ4v) is 3.85. The number of benzene rings is 1. The number of alkyl carbamates (subject to hydrolysis) is 1. The molecule has 0 atom stereocenters. The van der Waals surface area contributed by atoms with Crippen molar-refractivity contribution in [2.45, 2.75) is 6.54 Å². The van der Waals surface area contributed by atoms with E-state index in [0.29, 0.717) is 12.3 Å². The van der Waals surface area contributed by atoms with Gasteiger partial charge in [-0.05, 0) is 24.3 Å². The summed E-state index contributed by atoms with van der Waals surface area (Å²) in [6.45, 7) is 4.51. The maximum atomic E-state index is 13.3. The number of nitrogens with zero attached hydrogens (tertiary/aromatic N) is 6. The third kappa shape index (κ3) is 4.45. The normalized spacial score (nSPS) is 18.1. The standard InChI is InChI=1S/C22H22FN7O2/c23-18-3-1-17(2-4-18)20-21(25-6-5-24-20)29-9-7-28(8-10-29)13-16-11-27-30(14-16)15-19-12-26-22(31)32-19/h1-6,11,14-15H,7-10,12-13H2,(H,26,31)/b19-15+. The van der Waals surface area contributed by atoms with Crippen molar-refractivity contribution in [3.05, 3.63) is 66.2 Å². The lowest BCUT2D eigenvalue weighted by Gasteiger charge is -2.35. The zero-order valence-corrected chi connectivity index (χ0v) is 17.3. The molecule has 9 nitrogen and oxygen atoms in total. The highest BCUT2D eigenvalue weighted by atomic mass is 19.1. The molecule has 5 rings (SSSR count). The second-order valence-electron chi connectivity index (χ2n) is 7.67. The third-order valence-electron chi connectivity index (χ3n) is 5.44. The molecule has 0 spiro atoms. The molecule has 1 N–H and O–H groups in total. The molecule has 0 saturated carbocycles. The predicted molar refractivity (Wildman–Crippen MR) is 116 cm³/mol. The Hall–Kier alpha value is -3.79. The van der Waals surface area contributed by atoms with Crippen molar-refractivity contribution in [2.75, 3.05) is 37.6 Å². The van der Waals surface area contributed by atoms with E-state index in [4.69, 9.17) is 4.74 Å². The lowest BCUT2D eigenvalue weighted by Crippen LogP contribution is -2.46. The van der Waals surface area contributed by atoms with Crippen molar-refractivity contribution in [1.82, 2.24) is 30.0 Å². The number of aromatic nitrogens is 4. The molecular formula is C22H22FN7O2. The molecule has 2 fully saturated rings. The number of amides is 1. The largest absolute Gasteiger partial charge is 0.412 e. The fourth-order valence-electron chi connectivity index (χ4n) is 3.85. The van der Waals surface area contributed by atoms with Crippen molar-refractivity contribution in [3.63, 3.8) is 0 Å². The predicted octanol–water partition coefficient (Wildman–Crippen LogP) is 2.34. The van der Waals surface area contributed by atoms with Gasteiger partial charge in [0.15, 0.2) is 5.82 Å². The van der Waals surface area contributed by atoms with Gasteiger partial charge in [0, 0.05) is 62.4 Å². The fraction of sp³-hybridized carbons (Fsp3) is 0.273. The number of cyclic esters (lactones) is 1. The van der Waals surface area contributed by atoms with E-state index < -0.39 is 6.09 Å². The van der Waals surface area contributed by atoms with Gasteiger partial charge in [0.2, 0.25) is 0 Å². The number of rotatable bonds is 5. The number of nitrogens with one attached hydrogen (secondary N) is 1. The number of ether oxygens (including phenoxy) is 1. The van der Waals surface area contributed by atoms with Crippen molar-refractivity contribution >= 4 is 18.1 Å². The molecule has 4 heterocycles. The zero-order chi connectivity index (χ0) is 21.9. The molecule has 1 aromatic carbocycles.